The number of amides is 1. The highest BCUT2D eigenvalue weighted by Gasteiger charge is 2.25. The number of nitrogens with one attached hydrogen (secondary N) is 1. The molecule has 1 amide bonds. The summed E-state index contributed by atoms with van der Waals surface area (Å²) in [6, 6.07) is 14.3. The topological polar surface area (TPSA) is 84.9 Å². The van der Waals surface area contributed by atoms with Crippen molar-refractivity contribution >= 4 is 15.9 Å². The molecule has 2 aromatic rings. The number of aryl methyl sites for hydroxylation is 1. The Kier molecular flexibility index (Phi) is 7.24. The molecule has 0 saturated carbocycles. The number of benzene rings is 2. The van der Waals surface area contributed by atoms with E-state index in [0.717, 1.165) is 11.1 Å². The molecule has 1 aliphatic heterocycles. The van der Waals surface area contributed by atoms with E-state index in [2.05, 4.69) is 5.32 Å². The second-order valence-corrected chi connectivity index (χ2v) is 8.75. The van der Waals surface area contributed by atoms with Gasteiger partial charge in [-0.15, -0.1) is 0 Å². The van der Waals surface area contributed by atoms with E-state index >= 15 is 0 Å². The summed E-state index contributed by atoms with van der Waals surface area (Å²) >= 11 is 0. The fraction of sp³-hybridized carbons (Fsp3) is 0.381. The molecule has 0 aromatic heterocycles. The van der Waals surface area contributed by atoms with Crippen molar-refractivity contribution < 1.29 is 22.7 Å². The van der Waals surface area contributed by atoms with Crippen LogP contribution < -0.4 is 10.1 Å². The van der Waals surface area contributed by atoms with Gasteiger partial charge in [-0.05, 0) is 42.7 Å². The summed E-state index contributed by atoms with van der Waals surface area (Å²) in [5.74, 6) is 0.500. The van der Waals surface area contributed by atoms with Crippen molar-refractivity contribution in [3.63, 3.8) is 0 Å². The number of carbonyl (C=O) groups excluding carboxylic acids is 1. The lowest BCUT2D eigenvalue weighted by molar-refractivity contribution is -0.123. The van der Waals surface area contributed by atoms with Crippen LogP contribution in [0.3, 0.4) is 0 Å². The van der Waals surface area contributed by atoms with Gasteiger partial charge in [0.05, 0.1) is 18.1 Å². The highest BCUT2D eigenvalue weighted by Crippen LogP contribution is 2.18. The van der Waals surface area contributed by atoms with Gasteiger partial charge in [-0.2, -0.15) is 4.31 Å². The largest absolute Gasteiger partial charge is 0.484 e. The summed E-state index contributed by atoms with van der Waals surface area (Å²) in [5.41, 5.74) is 1.93. The first kappa shape index (κ1) is 21.3. The third-order valence-corrected chi connectivity index (χ3v) is 6.63. The number of hydrogen-bond donors (Lipinski definition) is 1. The first-order chi connectivity index (χ1) is 14.0. The first-order valence-corrected chi connectivity index (χ1v) is 11.0. The van der Waals surface area contributed by atoms with Crippen molar-refractivity contribution in [3.8, 4) is 5.75 Å². The van der Waals surface area contributed by atoms with Gasteiger partial charge >= 0.3 is 0 Å². The minimum absolute atomic E-state index is 0.0401. The molecular weight excluding hydrogens is 392 g/mol. The molecule has 1 N–H and O–H groups in total. The van der Waals surface area contributed by atoms with Gasteiger partial charge in [0.15, 0.2) is 6.61 Å². The second kappa shape index (κ2) is 9.87. The lowest BCUT2D eigenvalue weighted by Crippen LogP contribution is -2.40. The molecule has 0 unspecified atom stereocenters. The molecule has 8 heteroatoms. The van der Waals surface area contributed by atoms with Crippen LogP contribution in [-0.4, -0.2) is 58.1 Å². The lowest BCUT2D eigenvalue weighted by Gasteiger charge is -2.26. The predicted octanol–water partition coefficient (Wildman–Crippen LogP) is 1.75. The van der Waals surface area contributed by atoms with Crippen molar-refractivity contribution in [1.82, 2.24) is 9.62 Å². The standard InChI is InChI=1S/C21H26N2O5S/c1-17-4-2-3-5-20(17)28-16-21(24)22-11-10-18-6-8-19(9-7-18)29(25,26)23-12-14-27-15-13-23/h2-9H,10-16H2,1H3,(H,22,24). The Morgan fingerprint density at radius 1 is 1.10 bits per heavy atom. The Balaban J connectivity index is 1.45. The SMILES string of the molecule is Cc1ccccc1OCC(=O)NCCc1ccc(S(=O)(=O)N2CCOCC2)cc1. The highest BCUT2D eigenvalue weighted by molar-refractivity contribution is 7.89. The van der Waals surface area contributed by atoms with Crippen molar-refractivity contribution in [1.29, 1.82) is 0 Å². The molecule has 1 heterocycles. The zero-order valence-corrected chi connectivity index (χ0v) is 17.3. The van der Waals surface area contributed by atoms with Crippen molar-refractivity contribution in [3.05, 3.63) is 59.7 Å². The van der Waals surface area contributed by atoms with E-state index in [4.69, 9.17) is 9.47 Å². The number of rotatable bonds is 8. The zero-order valence-electron chi connectivity index (χ0n) is 16.5. The fourth-order valence-electron chi connectivity index (χ4n) is 3.02. The van der Waals surface area contributed by atoms with Crippen LogP contribution in [0.25, 0.3) is 0 Å². The number of carbonyl (C=O) groups is 1. The van der Waals surface area contributed by atoms with Crippen LogP contribution in [-0.2, 0) is 26.0 Å². The number of nitrogens with zero attached hydrogens (tertiary/aromatic N) is 1. The van der Waals surface area contributed by atoms with E-state index in [0.29, 0.717) is 45.0 Å². The Morgan fingerprint density at radius 2 is 1.79 bits per heavy atom. The number of hydrogen-bond acceptors (Lipinski definition) is 5. The molecule has 1 aliphatic rings. The minimum Gasteiger partial charge on any atom is -0.484 e. The van der Waals surface area contributed by atoms with Gasteiger partial charge in [0.25, 0.3) is 5.91 Å². The van der Waals surface area contributed by atoms with E-state index < -0.39 is 10.0 Å². The van der Waals surface area contributed by atoms with Gasteiger partial charge in [-0.1, -0.05) is 30.3 Å². The molecule has 2 aromatic carbocycles. The smallest absolute Gasteiger partial charge is 0.257 e. The molecule has 3 rings (SSSR count). The molecule has 0 atom stereocenters. The number of morpholine rings is 1. The zero-order chi connectivity index (χ0) is 20.7. The number of para-hydroxylation sites is 1. The van der Waals surface area contributed by atoms with Crippen LogP contribution in [0.1, 0.15) is 11.1 Å². The molecule has 0 aliphatic carbocycles. The van der Waals surface area contributed by atoms with Crippen molar-refractivity contribution in [2.75, 3.05) is 39.5 Å². The quantitative estimate of drug-likeness (QED) is 0.706. The summed E-state index contributed by atoms with van der Waals surface area (Å²) < 4.78 is 37.4. The van der Waals surface area contributed by atoms with Crippen molar-refractivity contribution in [2.45, 2.75) is 18.2 Å². The first-order valence-electron chi connectivity index (χ1n) is 9.59. The Hall–Kier alpha value is -2.42. The lowest BCUT2D eigenvalue weighted by atomic mass is 10.1. The summed E-state index contributed by atoms with van der Waals surface area (Å²) in [6.45, 7) is 3.93. The van der Waals surface area contributed by atoms with Gasteiger partial charge in [-0.3, -0.25) is 4.79 Å². The van der Waals surface area contributed by atoms with Crippen LogP contribution in [0.4, 0.5) is 0 Å². The molecular formula is C21H26N2O5S. The molecule has 0 radical (unpaired) electrons. The van der Waals surface area contributed by atoms with Gasteiger partial charge in [-0.25, -0.2) is 8.42 Å². The maximum absolute atomic E-state index is 12.6. The highest BCUT2D eigenvalue weighted by atomic mass is 32.2. The van der Waals surface area contributed by atoms with E-state index in [1.54, 1.807) is 24.3 Å². The summed E-state index contributed by atoms with van der Waals surface area (Å²) in [6.07, 6.45) is 0.605. The average Bonchev–Trinajstić information content (AvgIpc) is 2.74. The van der Waals surface area contributed by atoms with Gasteiger partial charge in [0.2, 0.25) is 10.0 Å². The molecule has 0 bridgehead atoms. The van der Waals surface area contributed by atoms with Gasteiger partial charge < -0.3 is 14.8 Å². The third-order valence-electron chi connectivity index (χ3n) is 4.72. The number of ether oxygens (including phenoxy) is 2. The number of sulfonamides is 1. The van der Waals surface area contributed by atoms with E-state index in [1.165, 1.54) is 4.31 Å². The van der Waals surface area contributed by atoms with E-state index in [9.17, 15) is 13.2 Å². The van der Waals surface area contributed by atoms with E-state index in [1.807, 2.05) is 31.2 Å². The predicted molar refractivity (Wildman–Crippen MR) is 109 cm³/mol. The molecule has 1 fully saturated rings. The summed E-state index contributed by atoms with van der Waals surface area (Å²) in [5, 5.41) is 2.81. The van der Waals surface area contributed by atoms with E-state index in [-0.39, 0.29) is 17.4 Å². The monoisotopic (exact) mass is 418 g/mol. The molecule has 7 nitrogen and oxygen atoms in total. The Bertz CT molecular complexity index is 922. The Labute approximate surface area is 171 Å². The minimum atomic E-state index is -3.48. The van der Waals surface area contributed by atoms with Crippen LogP contribution in [0, 0.1) is 6.92 Å². The maximum atomic E-state index is 12.6. The molecule has 156 valence electrons. The Morgan fingerprint density at radius 3 is 2.48 bits per heavy atom. The van der Waals surface area contributed by atoms with Crippen LogP contribution >= 0.6 is 0 Å². The third kappa shape index (κ3) is 5.79. The van der Waals surface area contributed by atoms with Crippen LogP contribution in [0.5, 0.6) is 5.75 Å². The molecule has 29 heavy (non-hydrogen) atoms. The normalized spacial score (nSPS) is 15.1. The molecule has 1 saturated heterocycles. The van der Waals surface area contributed by atoms with Crippen LogP contribution in [0.2, 0.25) is 0 Å². The summed E-state index contributed by atoms with van der Waals surface area (Å²) in [4.78, 5) is 12.2. The fourth-order valence-corrected chi connectivity index (χ4v) is 4.43. The second-order valence-electron chi connectivity index (χ2n) is 6.81. The average molecular weight is 419 g/mol. The molecule has 0 spiro atoms. The summed E-state index contributed by atoms with van der Waals surface area (Å²) in [7, 11) is -3.48. The van der Waals surface area contributed by atoms with Crippen LogP contribution in [0.15, 0.2) is 53.4 Å². The van der Waals surface area contributed by atoms with Gasteiger partial charge in [0, 0.05) is 19.6 Å². The maximum Gasteiger partial charge on any atom is 0.257 e. The van der Waals surface area contributed by atoms with Crippen molar-refractivity contribution in [2.24, 2.45) is 0 Å². The van der Waals surface area contributed by atoms with Gasteiger partial charge in [0.1, 0.15) is 5.75 Å².